The number of hydrogen-bond acceptors (Lipinski definition) is 2. The summed E-state index contributed by atoms with van der Waals surface area (Å²) in [5.41, 5.74) is 4.50. The molecule has 1 aromatic heterocycles. The SMILES string of the molecule is Cc1ccc(-c2cc(C3CCN(C(=O)CC(C)C)C3)[nH]n2)cc1. The standard InChI is InChI=1S/C19H25N3O/c1-13(2)10-19(23)22-9-8-16(12-22)18-11-17(20-21-18)15-6-4-14(3)5-7-15/h4-7,11,13,16H,8-10,12H2,1-3H3,(H,20,21). The molecule has 2 aromatic rings. The fourth-order valence-corrected chi connectivity index (χ4v) is 3.14. The number of hydrogen-bond donors (Lipinski definition) is 1. The van der Waals surface area contributed by atoms with Gasteiger partial charge in [-0.15, -0.1) is 0 Å². The number of nitrogens with one attached hydrogen (secondary N) is 1. The van der Waals surface area contributed by atoms with Gasteiger partial charge in [0.05, 0.1) is 5.69 Å². The smallest absolute Gasteiger partial charge is 0.222 e. The van der Waals surface area contributed by atoms with Crippen LogP contribution in [0.2, 0.25) is 0 Å². The van der Waals surface area contributed by atoms with Gasteiger partial charge in [-0.25, -0.2) is 0 Å². The molecule has 1 N–H and O–H groups in total. The Morgan fingerprint density at radius 3 is 2.78 bits per heavy atom. The zero-order valence-electron chi connectivity index (χ0n) is 14.2. The summed E-state index contributed by atoms with van der Waals surface area (Å²) in [7, 11) is 0. The molecule has 0 saturated carbocycles. The molecule has 1 unspecified atom stereocenters. The molecular weight excluding hydrogens is 286 g/mol. The molecule has 3 rings (SSSR count). The lowest BCUT2D eigenvalue weighted by atomic mass is 10.0. The molecule has 1 atom stereocenters. The van der Waals surface area contributed by atoms with Gasteiger partial charge in [-0.3, -0.25) is 9.89 Å². The van der Waals surface area contributed by atoms with E-state index in [4.69, 9.17) is 0 Å². The third-order valence-electron chi connectivity index (χ3n) is 4.51. The molecule has 1 aromatic carbocycles. The van der Waals surface area contributed by atoms with Crippen LogP contribution in [0.3, 0.4) is 0 Å². The Bertz CT molecular complexity index is 672. The molecule has 4 heteroatoms. The van der Waals surface area contributed by atoms with Crippen LogP contribution in [0.5, 0.6) is 0 Å². The molecule has 1 aliphatic heterocycles. The van der Waals surface area contributed by atoms with Crippen molar-refractivity contribution >= 4 is 5.91 Å². The number of carbonyl (C=O) groups is 1. The first-order valence-corrected chi connectivity index (χ1v) is 8.43. The predicted octanol–water partition coefficient (Wildman–Crippen LogP) is 3.75. The highest BCUT2D eigenvalue weighted by atomic mass is 16.2. The van der Waals surface area contributed by atoms with E-state index in [1.807, 2.05) is 4.90 Å². The first-order valence-electron chi connectivity index (χ1n) is 8.43. The van der Waals surface area contributed by atoms with Crippen molar-refractivity contribution in [1.82, 2.24) is 15.1 Å². The van der Waals surface area contributed by atoms with E-state index in [-0.39, 0.29) is 5.91 Å². The molecule has 23 heavy (non-hydrogen) atoms. The van der Waals surface area contributed by atoms with Gasteiger partial charge in [-0.1, -0.05) is 43.7 Å². The summed E-state index contributed by atoms with van der Waals surface area (Å²) in [5, 5.41) is 7.62. The second kappa shape index (κ2) is 6.57. The van der Waals surface area contributed by atoms with Crippen LogP contribution in [0.4, 0.5) is 0 Å². The largest absolute Gasteiger partial charge is 0.342 e. The summed E-state index contributed by atoms with van der Waals surface area (Å²) < 4.78 is 0. The molecule has 0 radical (unpaired) electrons. The van der Waals surface area contributed by atoms with Crippen molar-refractivity contribution in [2.24, 2.45) is 5.92 Å². The van der Waals surface area contributed by atoms with E-state index in [0.717, 1.165) is 36.5 Å². The van der Waals surface area contributed by atoms with Crippen LogP contribution >= 0.6 is 0 Å². The summed E-state index contributed by atoms with van der Waals surface area (Å²) in [6, 6.07) is 10.5. The van der Waals surface area contributed by atoms with Gasteiger partial charge in [-0.05, 0) is 25.3 Å². The number of H-pyrrole nitrogens is 1. The molecular formula is C19H25N3O. The van der Waals surface area contributed by atoms with E-state index in [0.29, 0.717) is 18.3 Å². The van der Waals surface area contributed by atoms with E-state index in [9.17, 15) is 4.79 Å². The fourth-order valence-electron chi connectivity index (χ4n) is 3.14. The number of nitrogens with zero attached hydrogens (tertiary/aromatic N) is 2. The number of aryl methyl sites for hydroxylation is 1. The monoisotopic (exact) mass is 311 g/mol. The first kappa shape index (κ1) is 15.8. The van der Waals surface area contributed by atoms with Crippen LogP contribution in [0.1, 0.15) is 43.9 Å². The lowest BCUT2D eigenvalue weighted by Crippen LogP contribution is -2.29. The Hall–Kier alpha value is -2.10. The summed E-state index contributed by atoms with van der Waals surface area (Å²) in [6.45, 7) is 7.93. The van der Waals surface area contributed by atoms with Gasteiger partial charge in [-0.2, -0.15) is 5.10 Å². The highest BCUT2D eigenvalue weighted by Crippen LogP contribution is 2.29. The number of amides is 1. The molecule has 1 fully saturated rings. The van der Waals surface area contributed by atoms with Crippen molar-refractivity contribution in [2.75, 3.05) is 13.1 Å². The number of aromatic nitrogens is 2. The maximum atomic E-state index is 12.2. The minimum atomic E-state index is 0.278. The highest BCUT2D eigenvalue weighted by molar-refractivity contribution is 5.76. The Balaban J connectivity index is 1.67. The molecule has 0 bridgehead atoms. The third-order valence-corrected chi connectivity index (χ3v) is 4.51. The summed E-state index contributed by atoms with van der Waals surface area (Å²) in [5.74, 6) is 1.07. The second-order valence-electron chi connectivity index (χ2n) is 7.00. The quantitative estimate of drug-likeness (QED) is 0.935. The van der Waals surface area contributed by atoms with Crippen molar-refractivity contribution in [1.29, 1.82) is 0 Å². The van der Waals surface area contributed by atoms with Crippen molar-refractivity contribution in [3.63, 3.8) is 0 Å². The van der Waals surface area contributed by atoms with Gasteiger partial charge in [0.15, 0.2) is 0 Å². The normalized spacial score (nSPS) is 17.9. The average molecular weight is 311 g/mol. The summed E-state index contributed by atoms with van der Waals surface area (Å²) in [6.07, 6.45) is 1.66. The molecule has 0 aliphatic carbocycles. The van der Waals surface area contributed by atoms with E-state index >= 15 is 0 Å². The van der Waals surface area contributed by atoms with Gasteiger partial charge in [0, 0.05) is 36.7 Å². The number of likely N-dealkylation sites (tertiary alicyclic amines) is 1. The Labute approximate surface area is 137 Å². The van der Waals surface area contributed by atoms with Crippen molar-refractivity contribution < 1.29 is 4.79 Å². The van der Waals surface area contributed by atoms with Crippen molar-refractivity contribution in [3.05, 3.63) is 41.6 Å². The number of benzene rings is 1. The maximum absolute atomic E-state index is 12.2. The van der Waals surface area contributed by atoms with Crippen LogP contribution in [-0.2, 0) is 4.79 Å². The second-order valence-corrected chi connectivity index (χ2v) is 7.00. The Morgan fingerprint density at radius 2 is 2.09 bits per heavy atom. The fraction of sp³-hybridized carbons (Fsp3) is 0.474. The van der Waals surface area contributed by atoms with E-state index < -0.39 is 0 Å². The number of carbonyl (C=O) groups excluding carboxylic acids is 1. The minimum absolute atomic E-state index is 0.278. The molecule has 4 nitrogen and oxygen atoms in total. The number of aromatic amines is 1. The molecule has 1 saturated heterocycles. The molecule has 2 heterocycles. The lowest BCUT2D eigenvalue weighted by molar-refractivity contribution is -0.130. The Kier molecular flexibility index (Phi) is 4.51. The predicted molar refractivity (Wildman–Crippen MR) is 92.2 cm³/mol. The van der Waals surface area contributed by atoms with Crippen LogP contribution in [-0.4, -0.2) is 34.1 Å². The van der Waals surface area contributed by atoms with Gasteiger partial charge >= 0.3 is 0 Å². The molecule has 1 aliphatic rings. The minimum Gasteiger partial charge on any atom is -0.342 e. The van der Waals surface area contributed by atoms with Crippen molar-refractivity contribution in [3.8, 4) is 11.3 Å². The van der Waals surface area contributed by atoms with E-state index in [1.165, 1.54) is 5.56 Å². The zero-order chi connectivity index (χ0) is 16.4. The maximum Gasteiger partial charge on any atom is 0.222 e. The van der Waals surface area contributed by atoms with Gasteiger partial charge < -0.3 is 4.90 Å². The molecule has 0 spiro atoms. The van der Waals surface area contributed by atoms with Gasteiger partial charge in [0.2, 0.25) is 5.91 Å². The Morgan fingerprint density at radius 1 is 1.35 bits per heavy atom. The first-order chi connectivity index (χ1) is 11.0. The molecule has 122 valence electrons. The summed E-state index contributed by atoms with van der Waals surface area (Å²) >= 11 is 0. The highest BCUT2D eigenvalue weighted by Gasteiger charge is 2.28. The van der Waals surface area contributed by atoms with E-state index in [1.54, 1.807) is 0 Å². The van der Waals surface area contributed by atoms with Gasteiger partial charge in [0.1, 0.15) is 0 Å². The van der Waals surface area contributed by atoms with E-state index in [2.05, 4.69) is 61.3 Å². The third kappa shape index (κ3) is 3.63. The summed E-state index contributed by atoms with van der Waals surface area (Å²) in [4.78, 5) is 14.2. The number of rotatable bonds is 4. The van der Waals surface area contributed by atoms with Crippen LogP contribution in [0.15, 0.2) is 30.3 Å². The van der Waals surface area contributed by atoms with Crippen LogP contribution < -0.4 is 0 Å². The zero-order valence-corrected chi connectivity index (χ0v) is 14.2. The van der Waals surface area contributed by atoms with Crippen molar-refractivity contribution in [2.45, 2.75) is 39.5 Å². The lowest BCUT2D eigenvalue weighted by Gasteiger charge is -2.17. The average Bonchev–Trinajstić information content (AvgIpc) is 3.16. The topological polar surface area (TPSA) is 49.0 Å². The van der Waals surface area contributed by atoms with Crippen LogP contribution in [0, 0.1) is 12.8 Å². The molecule has 1 amide bonds. The van der Waals surface area contributed by atoms with Gasteiger partial charge in [0.25, 0.3) is 0 Å². The van der Waals surface area contributed by atoms with Crippen LogP contribution in [0.25, 0.3) is 11.3 Å².